The van der Waals surface area contributed by atoms with Crippen LogP contribution in [0.15, 0.2) is 42.5 Å². The Hall–Kier alpha value is -1.58. The maximum atomic E-state index is 13.7. The van der Waals surface area contributed by atoms with Crippen molar-refractivity contribution in [2.45, 2.75) is 13.0 Å². The van der Waals surface area contributed by atoms with E-state index in [1.807, 2.05) is 0 Å². The number of carbonyl (C=O) groups excluding carboxylic acids is 1. The van der Waals surface area contributed by atoms with Gasteiger partial charge in [-0.1, -0.05) is 41.4 Å². The number of ketones is 1. The average molecular weight is 313 g/mol. The smallest absolute Gasteiger partial charge is 0.203 e. The number of carbonyl (C=O) groups is 1. The van der Waals surface area contributed by atoms with E-state index in [4.69, 9.17) is 27.9 Å². The molecule has 0 spiro atoms. The highest BCUT2D eigenvalue weighted by Crippen LogP contribution is 2.25. The summed E-state index contributed by atoms with van der Waals surface area (Å²) in [5, 5.41) is 0.405. The van der Waals surface area contributed by atoms with Gasteiger partial charge < -0.3 is 4.74 Å². The number of benzene rings is 2. The largest absolute Gasteiger partial charge is 0.479 e. The number of Topliss-reactive ketones (excluding diaryl/α,β-unsaturated/α-hetero) is 1. The molecule has 0 heterocycles. The molecular weight excluding hydrogens is 302 g/mol. The van der Waals surface area contributed by atoms with Crippen LogP contribution in [0.25, 0.3) is 0 Å². The summed E-state index contributed by atoms with van der Waals surface area (Å²) in [4.78, 5) is 12.2. The predicted octanol–water partition coefficient (Wildman–Crippen LogP) is 4.78. The van der Waals surface area contributed by atoms with Crippen LogP contribution in [0.3, 0.4) is 0 Å². The van der Waals surface area contributed by atoms with Gasteiger partial charge in [-0.05, 0) is 31.2 Å². The summed E-state index contributed by atoms with van der Waals surface area (Å²) in [6.45, 7) is 1.55. The zero-order valence-electron chi connectivity index (χ0n) is 10.6. The minimum absolute atomic E-state index is 0.0510. The molecule has 1 unspecified atom stereocenters. The standard InChI is InChI=1S/C15H11Cl2FO2/c1-9(15(19)10-4-2-5-11(16)8-10)20-13-7-3-6-12(17)14(13)18/h2-9H,1H3. The van der Waals surface area contributed by atoms with Gasteiger partial charge in [0.05, 0.1) is 5.02 Å². The van der Waals surface area contributed by atoms with Gasteiger partial charge in [0.25, 0.3) is 0 Å². The van der Waals surface area contributed by atoms with Gasteiger partial charge in [-0.25, -0.2) is 4.39 Å². The predicted molar refractivity (Wildman–Crippen MR) is 77.3 cm³/mol. The Labute approximate surface area is 126 Å². The molecule has 2 nitrogen and oxygen atoms in total. The van der Waals surface area contributed by atoms with Crippen molar-refractivity contribution in [3.8, 4) is 5.75 Å². The minimum Gasteiger partial charge on any atom is -0.479 e. The van der Waals surface area contributed by atoms with Gasteiger partial charge in [0.2, 0.25) is 5.78 Å². The van der Waals surface area contributed by atoms with E-state index in [1.165, 1.54) is 18.2 Å². The van der Waals surface area contributed by atoms with Crippen LogP contribution in [0.2, 0.25) is 10.0 Å². The summed E-state index contributed by atoms with van der Waals surface area (Å²) in [5.41, 5.74) is 0.410. The molecule has 20 heavy (non-hydrogen) atoms. The van der Waals surface area contributed by atoms with Crippen molar-refractivity contribution in [2.24, 2.45) is 0 Å². The first-order chi connectivity index (χ1) is 9.49. The summed E-state index contributed by atoms with van der Waals surface area (Å²) >= 11 is 11.5. The van der Waals surface area contributed by atoms with Crippen molar-refractivity contribution in [3.63, 3.8) is 0 Å². The van der Waals surface area contributed by atoms with Crippen molar-refractivity contribution in [1.29, 1.82) is 0 Å². The number of rotatable bonds is 4. The van der Waals surface area contributed by atoms with E-state index < -0.39 is 11.9 Å². The molecule has 0 amide bonds. The van der Waals surface area contributed by atoms with Crippen molar-refractivity contribution in [3.05, 3.63) is 63.9 Å². The van der Waals surface area contributed by atoms with Gasteiger partial charge in [-0.2, -0.15) is 0 Å². The number of ether oxygens (including phenoxy) is 1. The first-order valence-electron chi connectivity index (χ1n) is 5.89. The van der Waals surface area contributed by atoms with Crippen LogP contribution >= 0.6 is 23.2 Å². The lowest BCUT2D eigenvalue weighted by atomic mass is 10.1. The lowest BCUT2D eigenvalue weighted by Gasteiger charge is -2.14. The van der Waals surface area contributed by atoms with E-state index in [-0.39, 0.29) is 16.6 Å². The Morgan fingerprint density at radius 3 is 2.60 bits per heavy atom. The number of hydrogen-bond acceptors (Lipinski definition) is 2. The van der Waals surface area contributed by atoms with Gasteiger partial charge in [-0.3, -0.25) is 4.79 Å². The van der Waals surface area contributed by atoms with E-state index in [0.29, 0.717) is 10.6 Å². The third-order valence-electron chi connectivity index (χ3n) is 2.70. The summed E-state index contributed by atoms with van der Waals surface area (Å²) in [5.74, 6) is -1.02. The Bertz CT molecular complexity index is 644. The highest BCUT2D eigenvalue weighted by atomic mass is 35.5. The molecule has 0 aliphatic heterocycles. The monoisotopic (exact) mass is 312 g/mol. The zero-order chi connectivity index (χ0) is 14.7. The van der Waals surface area contributed by atoms with Gasteiger partial charge in [0, 0.05) is 10.6 Å². The van der Waals surface area contributed by atoms with Crippen LogP contribution < -0.4 is 4.74 Å². The molecule has 0 bridgehead atoms. The molecule has 0 saturated heterocycles. The zero-order valence-corrected chi connectivity index (χ0v) is 12.1. The SMILES string of the molecule is CC(Oc1cccc(Cl)c1F)C(=O)c1cccc(Cl)c1. The van der Waals surface area contributed by atoms with Gasteiger partial charge in [-0.15, -0.1) is 0 Å². The maximum absolute atomic E-state index is 13.7. The topological polar surface area (TPSA) is 26.3 Å². The van der Waals surface area contributed by atoms with Crippen LogP contribution in [0.1, 0.15) is 17.3 Å². The van der Waals surface area contributed by atoms with Gasteiger partial charge in [0.15, 0.2) is 17.7 Å². The molecule has 2 rings (SSSR count). The molecule has 5 heteroatoms. The fourth-order valence-electron chi connectivity index (χ4n) is 1.70. The highest BCUT2D eigenvalue weighted by molar-refractivity contribution is 6.31. The normalized spacial score (nSPS) is 12.0. The molecule has 1 atom stereocenters. The number of hydrogen-bond donors (Lipinski definition) is 0. The summed E-state index contributed by atoms with van der Waals surface area (Å²) < 4.78 is 19.0. The molecule has 2 aromatic carbocycles. The second-order valence-electron chi connectivity index (χ2n) is 4.19. The molecule has 0 N–H and O–H groups in total. The number of halogens is 3. The Kier molecular flexibility index (Phi) is 4.63. The molecule has 2 aromatic rings. The van der Waals surface area contributed by atoms with Gasteiger partial charge >= 0.3 is 0 Å². The second kappa shape index (κ2) is 6.25. The third kappa shape index (κ3) is 3.30. The van der Waals surface area contributed by atoms with E-state index in [2.05, 4.69) is 0 Å². The quantitative estimate of drug-likeness (QED) is 0.759. The lowest BCUT2D eigenvalue weighted by molar-refractivity contribution is 0.0812. The minimum atomic E-state index is -0.846. The van der Waals surface area contributed by atoms with Crippen molar-refractivity contribution in [2.75, 3.05) is 0 Å². The summed E-state index contributed by atoms with van der Waals surface area (Å²) in [6.07, 6.45) is -0.846. The van der Waals surface area contributed by atoms with Crippen molar-refractivity contribution >= 4 is 29.0 Å². The maximum Gasteiger partial charge on any atom is 0.203 e. The van der Waals surface area contributed by atoms with Crippen LogP contribution in [-0.2, 0) is 0 Å². The van der Waals surface area contributed by atoms with Crippen LogP contribution in [0.4, 0.5) is 4.39 Å². The Balaban J connectivity index is 2.18. The van der Waals surface area contributed by atoms with Crippen LogP contribution in [0, 0.1) is 5.82 Å². The first kappa shape index (κ1) is 14.8. The molecule has 0 radical (unpaired) electrons. The van der Waals surface area contributed by atoms with Gasteiger partial charge in [0.1, 0.15) is 0 Å². The Morgan fingerprint density at radius 1 is 1.20 bits per heavy atom. The van der Waals surface area contributed by atoms with Crippen molar-refractivity contribution < 1.29 is 13.9 Å². The summed E-state index contributed by atoms with van der Waals surface area (Å²) in [6, 6.07) is 10.9. The van der Waals surface area contributed by atoms with E-state index in [1.54, 1.807) is 31.2 Å². The van der Waals surface area contributed by atoms with Crippen molar-refractivity contribution in [1.82, 2.24) is 0 Å². The lowest BCUT2D eigenvalue weighted by Crippen LogP contribution is -2.24. The first-order valence-corrected chi connectivity index (χ1v) is 6.65. The van der Waals surface area contributed by atoms with E-state index in [0.717, 1.165) is 0 Å². The fourth-order valence-corrected chi connectivity index (χ4v) is 2.05. The van der Waals surface area contributed by atoms with E-state index >= 15 is 0 Å². The fraction of sp³-hybridized carbons (Fsp3) is 0.133. The summed E-state index contributed by atoms with van der Waals surface area (Å²) in [7, 11) is 0. The second-order valence-corrected chi connectivity index (χ2v) is 5.03. The third-order valence-corrected chi connectivity index (χ3v) is 3.23. The average Bonchev–Trinajstić information content (AvgIpc) is 2.43. The Morgan fingerprint density at radius 2 is 1.90 bits per heavy atom. The molecule has 104 valence electrons. The highest BCUT2D eigenvalue weighted by Gasteiger charge is 2.19. The molecule has 0 fully saturated rings. The molecule has 0 aromatic heterocycles. The molecular formula is C15H11Cl2FO2. The van der Waals surface area contributed by atoms with E-state index in [9.17, 15) is 9.18 Å². The van der Waals surface area contributed by atoms with Crippen LogP contribution in [-0.4, -0.2) is 11.9 Å². The molecule has 0 aliphatic carbocycles. The molecule has 0 aliphatic rings. The van der Waals surface area contributed by atoms with Crippen LogP contribution in [0.5, 0.6) is 5.75 Å². The molecule has 0 saturated carbocycles.